The van der Waals surface area contributed by atoms with Gasteiger partial charge in [-0.2, -0.15) is 0 Å². The fourth-order valence-corrected chi connectivity index (χ4v) is 6.48. The first-order valence-corrected chi connectivity index (χ1v) is 12.2. The number of fused-ring (bicyclic) bond motifs is 4. The summed E-state index contributed by atoms with van der Waals surface area (Å²) in [6.07, 6.45) is 2.56. The van der Waals surface area contributed by atoms with Crippen molar-refractivity contribution in [1.29, 1.82) is 0 Å². The number of amidine groups is 1. The Balaban J connectivity index is 1.43. The number of methoxy groups -OCH3 is 1. The van der Waals surface area contributed by atoms with Gasteiger partial charge in [0.05, 0.1) is 12.7 Å². The third-order valence-electron chi connectivity index (χ3n) is 6.52. The standard InChI is InChI=1S/C23H24BrN3O3S/c1-29-18-5-3-2-4-15(18)21(28)26-14-7-9-20-17(11-14)23(12-31-22(25)27-23)16-10-13(24)6-8-19(16)30-20/h2-6,8,10,14,17,20H,7,9,11-12H2,1H3,(H2,25,27)(H,26,28)/t14?,17-,20-,23?/m0/s1. The van der Waals surface area contributed by atoms with Crippen LogP contribution < -0.4 is 20.5 Å². The number of para-hydroxylation sites is 1. The number of amides is 1. The largest absolute Gasteiger partial charge is 0.496 e. The number of rotatable bonds is 3. The number of benzene rings is 2. The second-order valence-electron chi connectivity index (χ2n) is 8.25. The van der Waals surface area contributed by atoms with E-state index in [2.05, 4.69) is 27.3 Å². The van der Waals surface area contributed by atoms with Crippen molar-refractivity contribution in [1.82, 2.24) is 5.32 Å². The average Bonchev–Trinajstić information content (AvgIpc) is 3.17. The molecule has 5 rings (SSSR count). The van der Waals surface area contributed by atoms with Gasteiger partial charge in [0.15, 0.2) is 5.17 Å². The molecule has 0 bridgehead atoms. The quantitative estimate of drug-likeness (QED) is 0.661. The van der Waals surface area contributed by atoms with Gasteiger partial charge >= 0.3 is 0 Å². The summed E-state index contributed by atoms with van der Waals surface area (Å²) in [5.74, 6) is 2.28. The molecule has 0 saturated heterocycles. The van der Waals surface area contributed by atoms with Gasteiger partial charge in [-0.3, -0.25) is 4.79 Å². The van der Waals surface area contributed by atoms with Crippen LogP contribution in [-0.2, 0) is 5.54 Å². The first-order valence-electron chi connectivity index (χ1n) is 10.4. The van der Waals surface area contributed by atoms with Crippen LogP contribution in [0.25, 0.3) is 0 Å². The van der Waals surface area contributed by atoms with E-state index < -0.39 is 5.54 Å². The van der Waals surface area contributed by atoms with Crippen LogP contribution in [0.2, 0.25) is 0 Å². The lowest BCUT2D eigenvalue weighted by molar-refractivity contribution is 0.0155. The van der Waals surface area contributed by atoms with Crippen LogP contribution in [0, 0.1) is 5.92 Å². The molecule has 2 aliphatic heterocycles. The highest BCUT2D eigenvalue weighted by Crippen LogP contribution is 2.54. The molecule has 8 heteroatoms. The Morgan fingerprint density at radius 1 is 1.32 bits per heavy atom. The molecule has 1 spiro atoms. The molecule has 2 heterocycles. The maximum atomic E-state index is 13.0. The predicted octanol–water partition coefficient (Wildman–Crippen LogP) is 4.07. The van der Waals surface area contributed by atoms with Crippen LogP contribution >= 0.6 is 27.7 Å². The van der Waals surface area contributed by atoms with Crippen molar-refractivity contribution in [2.75, 3.05) is 12.9 Å². The average molecular weight is 502 g/mol. The Bertz CT molecular complexity index is 1060. The lowest BCUT2D eigenvalue weighted by Crippen LogP contribution is -2.54. The Morgan fingerprint density at radius 3 is 2.94 bits per heavy atom. The van der Waals surface area contributed by atoms with Gasteiger partial charge in [0.1, 0.15) is 23.1 Å². The van der Waals surface area contributed by atoms with Crippen LogP contribution in [0.15, 0.2) is 51.9 Å². The molecule has 2 aromatic carbocycles. The highest BCUT2D eigenvalue weighted by molar-refractivity contribution is 9.10. The number of nitrogens with zero attached hydrogens (tertiary/aromatic N) is 1. The van der Waals surface area contributed by atoms with Gasteiger partial charge in [-0.1, -0.05) is 39.8 Å². The van der Waals surface area contributed by atoms with Crippen LogP contribution in [0.5, 0.6) is 11.5 Å². The molecule has 1 saturated carbocycles. The molecule has 1 amide bonds. The number of carbonyl (C=O) groups is 1. The molecule has 1 aliphatic carbocycles. The van der Waals surface area contributed by atoms with Crippen LogP contribution in [-0.4, -0.2) is 36.1 Å². The van der Waals surface area contributed by atoms with E-state index >= 15 is 0 Å². The third-order valence-corrected chi connectivity index (χ3v) is 7.99. The molecule has 6 nitrogen and oxygen atoms in total. The molecule has 2 unspecified atom stereocenters. The normalized spacial score (nSPS) is 28.8. The van der Waals surface area contributed by atoms with Crippen molar-refractivity contribution in [3.63, 3.8) is 0 Å². The zero-order chi connectivity index (χ0) is 21.6. The number of halogens is 1. The summed E-state index contributed by atoms with van der Waals surface area (Å²) < 4.78 is 12.8. The first kappa shape index (κ1) is 20.7. The molecule has 1 fully saturated rings. The fourth-order valence-electron chi connectivity index (χ4n) is 5.09. The summed E-state index contributed by atoms with van der Waals surface area (Å²) in [5.41, 5.74) is 7.36. The van der Waals surface area contributed by atoms with E-state index in [4.69, 9.17) is 20.2 Å². The molecule has 31 heavy (non-hydrogen) atoms. The van der Waals surface area contributed by atoms with Crippen molar-refractivity contribution in [2.45, 2.75) is 36.9 Å². The van der Waals surface area contributed by atoms with Gasteiger partial charge in [0.2, 0.25) is 0 Å². The second-order valence-corrected chi connectivity index (χ2v) is 10.2. The zero-order valence-corrected chi connectivity index (χ0v) is 19.5. The Morgan fingerprint density at radius 2 is 2.16 bits per heavy atom. The number of nitrogens with two attached hydrogens (primary N) is 1. The smallest absolute Gasteiger partial charge is 0.255 e. The molecular formula is C23H24BrN3O3S. The zero-order valence-electron chi connectivity index (χ0n) is 17.1. The van der Waals surface area contributed by atoms with E-state index in [1.807, 2.05) is 24.3 Å². The molecule has 162 valence electrons. The number of nitrogens with one attached hydrogen (secondary N) is 1. The summed E-state index contributed by atoms with van der Waals surface area (Å²) >= 11 is 5.19. The van der Waals surface area contributed by atoms with E-state index in [1.54, 1.807) is 31.0 Å². The van der Waals surface area contributed by atoms with Crippen molar-refractivity contribution < 1.29 is 14.3 Å². The monoisotopic (exact) mass is 501 g/mol. The first-order chi connectivity index (χ1) is 15.0. The lowest BCUT2D eigenvalue weighted by atomic mass is 9.67. The molecule has 4 atom stereocenters. The van der Waals surface area contributed by atoms with Crippen molar-refractivity contribution >= 4 is 38.8 Å². The highest BCUT2D eigenvalue weighted by Gasteiger charge is 2.54. The molecule has 3 N–H and O–H groups in total. The Hall–Kier alpha value is -2.19. The van der Waals surface area contributed by atoms with E-state index in [-0.39, 0.29) is 24.0 Å². The van der Waals surface area contributed by atoms with E-state index in [0.29, 0.717) is 16.5 Å². The van der Waals surface area contributed by atoms with Gasteiger partial charge in [-0.05, 0) is 49.6 Å². The van der Waals surface area contributed by atoms with Crippen molar-refractivity contribution in [3.8, 4) is 11.5 Å². The minimum Gasteiger partial charge on any atom is -0.496 e. The number of carbonyl (C=O) groups excluding carboxylic acids is 1. The number of hydrogen-bond donors (Lipinski definition) is 2. The fraction of sp³-hybridized carbons (Fsp3) is 0.391. The highest BCUT2D eigenvalue weighted by atomic mass is 79.9. The van der Waals surface area contributed by atoms with Crippen LogP contribution in [0.4, 0.5) is 0 Å². The number of hydrogen-bond acceptors (Lipinski definition) is 6. The molecule has 0 aromatic heterocycles. The summed E-state index contributed by atoms with van der Waals surface area (Å²) in [5, 5.41) is 3.84. The van der Waals surface area contributed by atoms with Crippen LogP contribution in [0.1, 0.15) is 35.2 Å². The van der Waals surface area contributed by atoms with E-state index in [1.165, 1.54) is 0 Å². The maximum Gasteiger partial charge on any atom is 0.255 e. The molecular weight excluding hydrogens is 478 g/mol. The number of aliphatic imine (C=N–C) groups is 1. The van der Waals surface area contributed by atoms with Gasteiger partial charge in [0, 0.05) is 27.7 Å². The topological polar surface area (TPSA) is 85.9 Å². The summed E-state index contributed by atoms with van der Waals surface area (Å²) in [6.45, 7) is 0. The summed E-state index contributed by atoms with van der Waals surface area (Å²) in [7, 11) is 1.58. The molecule has 2 aromatic rings. The van der Waals surface area contributed by atoms with Gasteiger partial charge in [-0.25, -0.2) is 4.99 Å². The summed E-state index contributed by atoms with van der Waals surface area (Å²) in [4.78, 5) is 17.9. The molecule has 3 aliphatic rings. The molecule has 0 radical (unpaired) electrons. The van der Waals surface area contributed by atoms with Crippen molar-refractivity contribution in [2.24, 2.45) is 16.6 Å². The van der Waals surface area contributed by atoms with Crippen LogP contribution in [0.3, 0.4) is 0 Å². The summed E-state index contributed by atoms with van der Waals surface area (Å²) in [6, 6.07) is 13.5. The van der Waals surface area contributed by atoms with Gasteiger partial charge in [0.25, 0.3) is 5.91 Å². The lowest BCUT2D eigenvalue weighted by Gasteiger charge is -2.48. The van der Waals surface area contributed by atoms with E-state index in [9.17, 15) is 4.79 Å². The predicted molar refractivity (Wildman–Crippen MR) is 126 cm³/mol. The number of ether oxygens (including phenoxy) is 2. The minimum absolute atomic E-state index is 0.0369. The number of thioether (sulfide) groups is 1. The van der Waals surface area contributed by atoms with E-state index in [0.717, 1.165) is 40.8 Å². The van der Waals surface area contributed by atoms with Gasteiger partial charge < -0.3 is 20.5 Å². The SMILES string of the molecule is COc1ccccc1C(=O)NC1CC[C@@H]2Oc3ccc(Br)cc3C3(CSC(N)=N3)[C@H]2C1. The van der Waals surface area contributed by atoms with Crippen molar-refractivity contribution in [3.05, 3.63) is 58.1 Å². The second kappa shape index (κ2) is 8.06. The maximum absolute atomic E-state index is 13.0. The van der Waals surface area contributed by atoms with Gasteiger partial charge in [-0.15, -0.1) is 0 Å². The third kappa shape index (κ3) is 3.59. The Labute approximate surface area is 194 Å². The minimum atomic E-state index is -0.426. The Kier molecular flexibility index (Phi) is 5.38.